The molecule has 21 heavy (non-hydrogen) atoms. The lowest BCUT2D eigenvalue weighted by Crippen LogP contribution is -1.93. The quantitative estimate of drug-likeness (QED) is 0.393. The molecule has 0 unspecified atom stereocenters. The Bertz CT molecular complexity index is 189. The van der Waals surface area contributed by atoms with Crippen molar-refractivity contribution in [3.05, 3.63) is 0 Å². The molecule has 0 spiro atoms. The summed E-state index contributed by atoms with van der Waals surface area (Å²) in [5.41, 5.74) is 0. The first-order valence-corrected chi connectivity index (χ1v) is 7.99. The Morgan fingerprint density at radius 2 is 0.952 bits per heavy atom. The Kier molecular flexibility index (Phi) is 34.9. The average molecular weight is 319 g/mol. The fraction of sp³-hybridized carbons (Fsp3) is 0.938. The van der Waals surface area contributed by atoms with E-state index < -0.39 is 5.97 Å². The van der Waals surface area contributed by atoms with E-state index in [9.17, 15) is 4.79 Å². The molecule has 0 heterocycles. The summed E-state index contributed by atoms with van der Waals surface area (Å²) >= 11 is 0. The largest absolute Gasteiger partial charge is 0.481 e. The summed E-state index contributed by atoms with van der Waals surface area (Å²) in [5.74, 6) is -0.655. The molecule has 0 aliphatic rings. The fourth-order valence-electron chi connectivity index (χ4n) is 2.29. The highest BCUT2D eigenvalue weighted by Crippen LogP contribution is 2.12. The molecular formula is C16H38MgO4. The van der Waals surface area contributed by atoms with Gasteiger partial charge in [-0.3, -0.25) is 4.79 Å². The number of unbranched alkanes of at least 4 members (excludes halogenated alkanes) is 12. The predicted octanol–water partition coefficient (Wildman–Crippen LogP) is 2.99. The van der Waals surface area contributed by atoms with E-state index in [1.807, 2.05) is 0 Å². The minimum absolute atomic E-state index is 0. The van der Waals surface area contributed by atoms with Crippen LogP contribution in [-0.2, 0) is 4.79 Å². The van der Waals surface area contributed by atoms with Gasteiger partial charge in [0.25, 0.3) is 0 Å². The highest BCUT2D eigenvalue weighted by molar-refractivity contribution is 5.75. The molecule has 0 aliphatic heterocycles. The summed E-state index contributed by atoms with van der Waals surface area (Å²) in [6, 6.07) is 0. The van der Waals surface area contributed by atoms with Crippen LogP contribution in [0.4, 0.5) is 0 Å². The zero-order valence-corrected chi connectivity index (χ0v) is 13.3. The van der Waals surface area contributed by atoms with Gasteiger partial charge in [-0.1, -0.05) is 84.0 Å². The van der Waals surface area contributed by atoms with Gasteiger partial charge in [-0.15, -0.1) is 0 Å². The van der Waals surface area contributed by atoms with Gasteiger partial charge in [0.2, 0.25) is 0 Å². The van der Waals surface area contributed by atoms with Crippen molar-refractivity contribution < 1.29 is 20.9 Å². The van der Waals surface area contributed by atoms with Crippen molar-refractivity contribution in [1.82, 2.24) is 0 Å². The molecule has 0 amide bonds. The monoisotopic (exact) mass is 318 g/mol. The Labute approximate surface area is 146 Å². The molecule has 0 rings (SSSR count). The number of carboxylic acid groups (broad SMARTS) is 1. The smallest absolute Gasteiger partial charge is 0.316 e. The first-order valence-electron chi connectivity index (χ1n) is 7.99. The summed E-state index contributed by atoms with van der Waals surface area (Å²) in [6.45, 7) is 2.26. The lowest BCUT2D eigenvalue weighted by molar-refractivity contribution is -0.137. The van der Waals surface area contributed by atoms with Crippen molar-refractivity contribution in [1.29, 1.82) is 0 Å². The van der Waals surface area contributed by atoms with E-state index in [2.05, 4.69) is 6.92 Å². The second-order valence-corrected chi connectivity index (χ2v) is 5.39. The summed E-state index contributed by atoms with van der Waals surface area (Å²) in [5, 5.41) is 8.49. The number of carbonyl (C=O) groups is 1. The van der Waals surface area contributed by atoms with Gasteiger partial charge in [-0.05, 0) is 6.42 Å². The Hall–Kier alpha value is 0.156. The molecule has 4 nitrogen and oxygen atoms in total. The third-order valence-electron chi connectivity index (χ3n) is 3.49. The highest BCUT2D eigenvalue weighted by atomic mass is 24.3. The van der Waals surface area contributed by atoms with Gasteiger partial charge in [-0.2, -0.15) is 0 Å². The van der Waals surface area contributed by atoms with E-state index in [1.54, 1.807) is 0 Å². The van der Waals surface area contributed by atoms with Crippen LogP contribution >= 0.6 is 0 Å². The SMILES string of the molecule is CCCCCCCCCCCCCCCC(=O)O.O.O.[MgH2]. The van der Waals surface area contributed by atoms with E-state index in [4.69, 9.17) is 5.11 Å². The van der Waals surface area contributed by atoms with E-state index in [-0.39, 0.29) is 34.0 Å². The number of rotatable bonds is 14. The van der Waals surface area contributed by atoms with Crippen LogP contribution in [0.15, 0.2) is 0 Å². The molecule has 0 aromatic heterocycles. The molecule has 0 aromatic carbocycles. The van der Waals surface area contributed by atoms with Crippen LogP contribution in [-0.4, -0.2) is 45.1 Å². The van der Waals surface area contributed by atoms with Crippen LogP contribution in [0, 0.1) is 0 Å². The predicted molar refractivity (Wildman–Crippen MR) is 93.7 cm³/mol. The van der Waals surface area contributed by atoms with Gasteiger partial charge in [0.1, 0.15) is 0 Å². The van der Waals surface area contributed by atoms with Crippen molar-refractivity contribution in [3.8, 4) is 0 Å². The van der Waals surface area contributed by atoms with E-state index in [0.717, 1.165) is 12.8 Å². The lowest BCUT2D eigenvalue weighted by atomic mass is 10.0. The summed E-state index contributed by atoms with van der Waals surface area (Å²) < 4.78 is 0. The van der Waals surface area contributed by atoms with Crippen LogP contribution in [0.1, 0.15) is 96.8 Å². The van der Waals surface area contributed by atoms with E-state index in [0.29, 0.717) is 6.42 Å². The zero-order valence-electron chi connectivity index (χ0n) is 13.3. The van der Waals surface area contributed by atoms with E-state index >= 15 is 0 Å². The number of aliphatic carboxylic acids is 1. The minimum atomic E-state index is -0.655. The maximum atomic E-state index is 10.3. The molecule has 0 saturated heterocycles. The first-order chi connectivity index (χ1) is 8.77. The van der Waals surface area contributed by atoms with Gasteiger partial charge in [0.15, 0.2) is 0 Å². The highest BCUT2D eigenvalue weighted by Gasteiger charge is 1.96. The van der Waals surface area contributed by atoms with Gasteiger partial charge in [-0.25, -0.2) is 0 Å². The van der Waals surface area contributed by atoms with Crippen LogP contribution in [0.2, 0.25) is 0 Å². The maximum Gasteiger partial charge on any atom is 0.316 e. The van der Waals surface area contributed by atoms with Crippen molar-refractivity contribution in [2.24, 2.45) is 0 Å². The second-order valence-electron chi connectivity index (χ2n) is 5.39. The lowest BCUT2D eigenvalue weighted by Gasteiger charge is -2.02. The molecule has 0 aliphatic carbocycles. The van der Waals surface area contributed by atoms with Gasteiger partial charge in [0.05, 0.1) is 0 Å². The molecule has 0 atom stereocenters. The van der Waals surface area contributed by atoms with Crippen molar-refractivity contribution >= 4 is 29.0 Å². The molecule has 0 fully saturated rings. The summed E-state index contributed by atoms with van der Waals surface area (Å²) in [6.07, 6.45) is 17.3. The molecular weight excluding hydrogens is 280 g/mol. The van der Waals surface area contributed by atoms with Crippen molar-refractivity contribution in [3.63, 3.8) is 0 Å². The Morgan fingerprint density at radius 1 is 0.667 bits per heavy atom. The maximum absolute atomic E-state index is 10.3. The third-order valence-corrected chi connectivity index (χ3v) is 3.49. The number of hydrogen-bond acceptors (Lipinski definition) is 1. The molecule has 128 valence electrons. The normalized spacial score (nSPS) is 9.19. The van der Waals surface area contributed by atoms with Gasteiger partial charge in [0, 0.05) is 6.42 Å². The fourth-order valence-corrected chi connectivity index (χ4v) is 2.29. The Morgan fingerprint density at radius 3 is 1.24 bits per heavy atom. The second kappa shape index (κ2) is 25.1. The molecule has 5 heteroatoms. The third kappa shape index (κ3) is 28.9. The van der Waals surface area contributed by atoms with Crippen LogP contribution in [0.3, 0.4) is 0 Å². The van der Waals surface area contributed by atoms with Crippen molar-refractivity contribution in [2.45, 2.75) is 96.8 Å². The summed E-state index contributed by atoms with van der Waals surface area (Å²) in [7, 11) is 0. The van der Waals surface area contributed by atoms with Crippen LogP contribution in [0.5, 0.6) is 0 Å². The van der Waals surface area contributed by atoms with Crippen LogP contribution < -0.4 is 0 Å². The zero-order chi connectivity index (χ0) is 13.5. The van der Waals surface area contributed by atoms with E-state index in [1.165, 1.54) is 70.6 Å². The number of hydrogen-bond donors (Lipinski definition) is 1. The van der Waals surface area contributed by atoms with Gasteiger partial charge >= 0.3 is 29.0 Å². The molecule has 0 aromatic rings. The van der Waals surface area contributed by atoms with Crippen LogP contribution in [0.25, 0.3) is 0 Å². The van der Waals surface area contributed by atoms with Crippen molar-refractivity contribution in [2.75, 3.05) is 0 Å². The number of carboxylic acids is 1. The standard InChI is InChI=1S/C16H32O2.Mg.2H2O.2H/c1-2-3-4-5-6-7-8-9-10-11-12-13-14-15-16(17)18;;;;;/h2-15H2,1H3,(H,17,18);;2*1H2;;. The topological polar surface area (TPSA) is 100 Å². The molecule has 5 N–H and O–H groups in total. The van der Waals surface area contributed by atoms with Gasteiger partial charge < -0.3 is 16.1 Å². The minimum Gasteiger partial charge on any atom is -0.481 e. The summed E-state index contributed by atoms with van der Waals surface area (Å²) in [4.78, 5) is 10.3. The first kappa shape index (κ1) is 29.2. The molecule has 0 bridgehead atoms. The molecule has 0 saturated carbocycles. The average Bonchev–Trinajstić information content (AvgIpc) is 2.34. The molecule has 0 radical (unpaired) electrons. The Balaban J connectivity index is -0.000000482.